The molecule has 0 saturated carbocycles. The summed E-state index contributed by atoms with van der Waals surface area (Å²) >= 11 is 8.46. The van der Waals surface area contributed by atoms with Crippen LogP contribution in [-0.4, -0.2) is 14.8 Å². The maximum atomic E-state index is 6.15. The summed E-state index contributed by atoms with van der Waals surface area (Å²) in [5.74, 6) is 0.728. The van der Waals surface area contributed by atoms with E-state index in [4.69, 9.17) is 11.6 Å². The van der Waals surface area contributed by atoms with Crippen LogP contribution in [0.2, 0.25) is 5.02 Å². The van der Waals surface area contributed by atoms with Gasteiger partial charge in [0.15, 0.2) is 0 Å². The third-order valence-electron chi connectivity index (χ3n) is 3.75. The first-order valence-corrected chi connectivity index (χ1v) is 8.56. The van der Waals surface area contributed by atoms with E-state index < -0.39 is 0 Å². The van der Waals surface area contributed by atoms with Gasteiger partial charge in [0, 0.05) is 14.3 Å². The largest absolute Gasteiger partial charge is 0.324 e. The van der Waals surface area contributed by atoms with Gasteiger partial charge in [-0.25, -0.2) is 4.68 Å². The van der Waals surface area contributed by atoms with E-state index in [9.17, 15) is 0 Å². The maximum absolute atomic E-state index is 6.15. The Labute approximate surface area is 152 Å². The molecule has 0 fully saturated rings. The van der Waals surface area contributed by atoms with Gasteiger partial charge >= 0.3 is 0 Å². The van der Waals surface area contributed by atoms with E-state index in [1.165, 1.54) is 3.57 Å². The summed E-state index contributed by atoms with van der Waals surface area (Å²) in [5.41, 5.74) is 3.22. The zero-order chi connectivity index (χ0) is 15.8. The molecule has 0 bridgehead atoms. The Kier molecular flexibility index (Phi) is 3.82. The summed E-state index contributed by atoms with van der Waals surface area (Å²) in [6, 6.07) is 16.2. The van der Waals surface area contributed by atoms with Gasteiger partial charge in [-0.1, -0.05) is 35.9 Å². The molecular weight excluding hydrogens is 423 g/mol. The minimum Gasteiger partial charge on any atom is -0.324 e. The molecule has 114 valence electrons. The number of nitrogens with zero attached hydrogens (tertiary/aromatic N) is 3. The number of hydrogen-bond donors (Lipinski definition) is 1. The Morgan fingerprint density at radius 1 is 1.13 bits per heavy atom. The van der Waals surface area contributed by atoms with Crippen molar-refractivity contribution in [3.8, 4) is 0 Å². The number of allylic oxidation sites excluding steroid dienone is 1. The van der Waals surface area contributed by atoms with Gasteiger partial charge in [0.25, 0.3) is 0 Å². The van der Waals surface area contributed by atoms with E-state index in [0.29, 0.717) is 5.02 Å². The van der Waals surface area contributed by atoms with Gasteiger partial charge in [0.1, 0.15) is 12.4 Å². The third kappa shape index (κ3) is 2.86. The molecule has 1 atom stereocenters. The number of benzene rings is 2. The zero-order valence-electron chi connectivity index (χ0n) is 11.9. The Bertz CT molecular complexity index is 886. The SMILES string of the molecule is Clc1cccc([C@H]2C=C(c3ccc(I)cc3)Nc3ncnn32)c1. The van der Waals surface area contributed by atoms with Gasteiger partial charge < -0.3 is 5.32 Å². The van der Waals surface area contributed by atoms with Crippen LogP contribution in [-0.2, 0) is 0 Å². The highest BCUT2D eigenvalue weighted by Gasteiger charge is 2.23. The first-order chi connectivity index (χ1) is 11.2. The number of aromatic nitrogens is 3. The maximum Gasteiger partial charge on any atom is 0.226 e. The number of fused-ring (bicyclic) bond motifs is 1. The van der Waals surface area contributed by atoms with Crippen LogP contribution >= 0.6 is 34.2 Å². The number of hydrogen-bond acceptors (Lipinski definition) is 3. The van der Waals surface area contributed by atoms with Crippen LogP contribution < -0.4 is 5.32 Å². The standard InChI is InChI=1S/C17H12ClIN4/c18-13-3-1-2-12(8-13)16-9-15(11-4-6-14(19)7-5-11)22-17-20-10-21-23(16)17/h1-10,16H,(H,20,21,22)/t16-/m1/s1. The van der Waals surface area contributed by atoms with Crippen molar-refractivity contribution >= 4 is 45.8 Å². The molecule has 0 aliphatic carbocycles. The first kappa shape index (κ1) is 14.7. The molecule has 1 aliphatic rings. The molecular formula is C17H12ClIN4. The zero-order valence-corrected chi connectivity index (χ0v) is 14.9. The van der Waals surface area contributed by atoms with Gasteiger partial charge in [0.05, 0.1) is 0 Å². The minimum atomic E-state index is -0.0401. The van der Waals surface area contributed by atoms with Crippen molar-refractivity contribution in [3.63, 3.8) is 0 Å². The summed E-state index contributed by atoms with van der Waals surface area (Å²) < 4.78 is 3.07. The molecule has 0 amide bonds. The highest BCUT2D eigenvalue weighted by Crippen LogP contribution is 2.32. The Balaban J connectivity index is 1.81. The average molecular weight is 435 g/mol. The molecule has 0 saturated heterocycles. The van der Waals surface area contributed by atoms with E-state index in [0.717, 1.165) is 22.8 Å². The lowest BCUT2D eigenvalue weighted by molar-refractivity contribution is 0.612. The summed E-state index contributed by atoms with van der Waals surface area (Å²) in [7, 11) is 0. The fourth-order valence-electron chi connectivity index (χ4n) is 2.66. The Morgan fingerprint density at radius 3 is 2.74 bits per heavy atom. The molecule has 3 aromatic rings. The molecule has 0 spiro atoms. The predicted molar refractivity (Wildman–Crippen MR) is 100 cm³/mol. The van der Waals surface area contributed by atoms with E-state index in [1.807, 2.05) is 22.9 Å². The van der Waals surface area contributed by atoms with Crippen molar-refractivity contribution in [1.29, 1.82) is 0 Å². The molecule has 2 aromatic carbocycles. The summed E-state index contributed by atoms with van der Waals surface area (Å²) in [6.07, 6.45) is 3.71. The number of nitrogens with one attached hydrogen (secondary N) is 1. The molecule has 23 heavy (non-hydrogen) atoms. The van der Waals surface area contributed by atoms with E-state index in [2.05, 4.69) is 74.4 Å². The lowest BCUT2D eigenvalue weighted by Gasteiger charge is -2.24. The topological polar surface area (TPSA) is 42.7 Å². The molecule has 1 N–H and O–H groups in total. The number of halogens is 2. The normalized spacial score (nSPS) is 16.4. The minimum absolute atomic E-state index is 0.0401. The second-order valence-electron chi connectivity index (χ2n) is 5.24. The molecule has 4 rings (SSSR count). The molecule has 4 nitrogen and oxygen atoms in total. The highest BCUT2D eigenvalue weighted by molar-refractivity contribution is 14.1. The summed E-state index contributed by atoms with van der Waals surface area (Å²) in [4.78, 5) is 4.31. The van der Waals surface area contributed by atoms with Gasteiger partial charge in [-0.05, 0) is 64.1 Å². The molecule has 0 radical (unpaired) electrons. The fourth-order valence-corrected chi connectivity index (χ4v) is 3.22. The van der Waals surface area contributed by atoms with Crippen molar-refractivity contribution in [2.24, 2.45) is 0 Å². The molecule has 1 aliphatic heterocycles. The molecule has 0 unspecified atom stereocenters. The van der Waals surface area contributed by atoms with Crippen molar-refractivity contribution < 1.29 is 0 Å². The van der Waals surface area contributed by atoms with Crippen LogP contribution in [0.15, 0.2) is 60.9 Å². The second-order valence-corrected chi connectivity index (χ2v) is 6.92. The van der Waals surface area contributed by atoms with Crippen LogP contribution in [0.3, 0.4) is 0 Å². The fraction of sp³-hybridized carbons (Fsp3) is 0.0588. The average Bonchev–Trinajstić information content (AvgIpc) is 3.03. The molecule has 6 heteroatoms. The van der Waals surface area contributed by atoms with Gasteiger partial charge in [0.2, 0.25) is 5.95 Å². The summed E-state index contributed by atoms with van der Waals surface area (Å²) in [5, 5.41) is 8.40. The van der Waals surface area contributed by atoms with Crippen LogP contribution in [0.25, 0.3) is 5.70 Å². The van der Waals surface area contributed by atoms with Crippen molar-refractivity contribution in [1.82, 2.24) is 14.8 Å². The molecule has 1 aromatic heterocycles. The number of rotatable bonds is 2. The monoisotopic (exact) mass is 434 g/mol. The van der Waals surface area contributed by atoms with Crippen molar-refractivity contribution in [2.75, 3.05) is 5.32 Å². The third-order valence-corrected chi connectivity index (χ3v) is 4.71. The van der Waals surface area contributed by atoms with Gasteiger partial charge in [-0.2, -0.15) is 10.1 Å². The van der Waals surface area contributed by atoms with Crippen LogP contribution in [0.1, 0.15) is 17.2 Å². The van der Waals surface area contributed by atoms with Crippen molar-refractivity contribution in [3.05, 3.63) is 80.7 Å². The Morgan fingerprint density at radius 2 is 1.96 bits per heavy atom. The van der Waals surface area contributed by atoms with E-state index in [-0.39, 0.29) is 6.04 Å². The quantitative estimate of drug-likeness (QED) is 0.600. The number of anilines is 1. The predicted octanol–water partition coefficient (Wildman–Crippen LogP) is 4.59. The van der Waals surface area contributed by atoms with Crippen molar-refractivity contribution in [2.45, 2.75) is 6.04 Å². The smallest absolute Gasteiger partial charge is 0.226 e. The van der Waals surface area contributed by atoms with Gasteiger partial charge in [-0.3, -0.25) is 0 Å². The van der Waals surface area contributed by atoms with Crippen LogP contribution in [0, 0.1) is 3.57 Å². The first-order valence-electron chi connectivity index (χ1n) is 7.10. The summed E-state index contributed by atoms with van der Waals surface area (Å²) in [6.45, 7) is 0. The molecule has 2 heterocycles. The van der Waals surface area contributed by atoms with Gasteiger partial charge in [-0.15, -0.1) is 0 Å². The van der Waals surface area contributed by atoms with E-state index >= 15 is 0 Å². The lowest BCUT2D eigenvalue weighted by atomic mass is 10.0. The van der Waals surface area contributed by atoms with E-state index in [1.54, 1.807) is 6.33 Å². The van der Waals surface area contributed by atoms with Crippen LogP contribution in [0.4, 0.5) is 5.95 Å². The highest BCUT2D eigenvalue weighted by atomic mass is 127. The Hall–Kier alpha value is -1.86. The lowest BCUT2D eigenvalue weighted by Crippen LogP contribution is -2.20. The van der Waals surface area contributed by atoms with Crippen LogP contribution in [0.5, 0.6) is 0 Å². The second kappa shape index (κ2) is 5.98.